The van der Waals surface area contributed by atoms with Crippen molar-refractivity contribution >= 4 is 11.5 Å². The Bertz CT molecular complexity index is 1220. The Morgan fingerprint density at radius 2 is 1.79 bits per heavy atom. The molecule has 33 heavy (non-hydrogen) atoms. The molecule has 0 saturated carbocycles. The topological polar surface area (TPSA) is 45.5 Å². The average molecular weight is 440 g/mol. The third kappa shape index (κ3) is 4.93. The molecule has 4 heterocycles. The minimum Gasteiger partial charge on any atom is -0.357 e. The minimum absolute atomic E-state index is 0.731. The van der Waals surface area contributed by atoms with E-state index in [1.165, 1.54) is 36.0 Å². The monoisotopic (exact) mass is 439 g/mol. The highest BCUT2D eigenvalue weighted by Gasteiger charge is 2.15. The molecule has 4 aromatic rings. The lowest BCUT2D eigenvalue weighted by Crippen LogP contribution is -2.18. The van der Waals surface area contributed by atoms with E-state index in [4.69, 9.17) is 4.98 Å². The quantitative estimate of drug-likeness (QED) is 0.353. The Morgan fingerprint density at radius 3 is 2.64 bits per heavy atom. The van der Waals surface area contributed by atoms with Gasteiger partial charge in [0.2, 0.25) is 0 Å². The van der Waals surface area contributed by atoms with E-state index in [0.29, 0.717) is 0 Å². The molecule has 0 aliphatic carbocycles. The number of anilines is 1. The van der Waals surface area contributed by atoms with Crippen molar-refractivity contribution in [1.82, 2.24) is 19.7 Å². The van der Waals surface area contributed by atoms with Crippen molar-refractivity contribution in [2.75, 3.05) is 24.5 Å². The van der Waals surface area contributed by atoms with E-state index in [2.05, 4.69) is 88.2 Å². The first kappa shape index (κ1) is 21.7. The number of hydrogen-bond acceptors (Lipinski definition) is 4. The van der Waals surface area contributed by atoms with Gasteiger partial charge in [-0.3, -0.25) is 4.40 Å². The molecule has 3 aromatic heterocycles. The lowest BCUT2D eigenvalue weighted by atomic mass is 10.0. The fraction of sp³-hybridized carbons (Fsp3) is 0.357. The number of hydrogen-bond donors (Lipinski definition) is 1. The smallest absolute Gasteiger partial charge is 0.137 e. The molecule has 1 saturated heterocycles. The second-order valence-electron chi connectivity index (χ2n) is 9.44. The number of pyridine rings is 2. The van der Waals surface area contributed by atoms with Gasteiger partial charge >= 0.3 is 0 Å². The summed E-state index contributed by atoms with van der Waals surface area (Å²) in [5.41, 5.74) is 6.94. The van der Waals surface area contributed by atoms with Gasteiger partial charge in [0.05, 0.1) is 11.9 Å². The number of benzene rings is 1. The molecule has 0 spiro atoms. The molecule has 5 rings (SSSR count). The van der Waals surface area contributed by atoms with E-state index in [1.54, 1.807) is 0 Å². The summed E-state index contributed by atoms with van der Waals surface area (Å²) >= 11 is 0. The normalized spacial score (nSPS) is 14.0. The Hall–Kier alpha value is -3.18. The van der Waals surface area contributed by atoms with Crippen molar-refractivity contribution in [3.05, 3.63) is 72.7 Å². The number of fused-ring (bicyclic) bond motifs is 1. The maximum atomic E-state index is 4.72. The van der Waals surface area contributed by atoms with E-state index in [0.717, 1.165) is 54.8 Å². The van der Waals surface area contributed by atoms with Crippen molar-refractivity contribution < 1.29 is 0 Å². The summed E-state index contributed by atoms with van der Waals surface area (Å²) in [6.45, 7) is 8.68. The molecule has 0 atom stereocenters. The van der Waals surface area contributed by atoms with Crippen molar-refractivity contribution in [2.45, 2.75) is 39.7 Å². The maximum Gasteiger partial charge on any atom is 0.137 e. The summed E-state index contributed by atoms with van der Waals surface area (Å²) < 4.78 is 2.17. The summed E-state index contributed by atoms with van der Waals surface area (Å²) in [4.78, 5) is 11.7. The predicted molar refractivity (Wildman–Crippen MR) is 136 cm³/mol. The Morgan fingerprint density at radius 1 is 0.939 bits per heavy atom. The van der Waals surface area contributed by atoms with Crippen LogP contribution in [0.3, 0.4) is 0 Å². The van der Waals surface area contributed by atoms with Crippen LogP contribution in [-0.4, -0.2) is 34.0 Å². The summed E-state index contributed by atoms with van der Waals surface area (Å²) in [7, 11) is 0. The van der Waals surface area contributed by atoms with E-state index in [-0.39, 0.29) is 0 Å². The summed E-state index contributed by atoms with van der Waals surface area (Å²) in [5.74, 6) is 1.80. The van der Waals surface area contributed by atoms with Gasteiger partial charge in [0.15, 0.2) is 0 Å². The molecular formula is C28H33N5. The SMILES string of the molecule is CC(C)CCNCc1cccc(-c2ccn3c(-c4ccnc(N5CCCC5)c4)cnc3c2)c1. The lowest BCUT2D eigenvalue weighted by Gasteiger charge is -2.16. The first-order valence-corrected chi connectivity index (χ1v) is 12.2. The van der Waals surface area contributed by atoms with Crippen LogP contribution in [0.15, 0.2) is 67.1 Å². The van der Waals surface area contributed by atoms with E-state index in [9.17, 15) is 0 Å². The van der Waals surface area contributed by atoms with Crippen LogP contribution in [0.5, 0.6) is 0 Å². The molecule has 5 heteroatoms. The molecular weight excluding hydrogens is 406 g/mol. The van der Waals surface area contributed by atoms with Gasteiger partial charge in [0.25, 0.3) is 0 Å². The Labute approximate surface area is 196 Å². The van der Waals surface area contributed by atoms with Gasteiger partial charge in [0.1, 0.15) is 11.5 Å². The van der Waals surface area contributed by atoms with Crippen molar-refractivity contribution in [1.29, 1.82) is 0 Å². The second-order valence-corrected chi connectivity index (χ2v) is 9.44. The second kappa shape index (κ2) is 9.75. The van der Waals surface area contributed by atoms with Crippen LogP contribution in [-0.2, 0) is 6.54 Å². The molecule has 5 nitrogen and oxygen atoms in total. The number of aromatic nitrogens is 3. The van der Waals surface area contributed by atoms with Crippen LogP contribution >= 0.6 is 0 Å². The van der Waals surface area contributed by atoms with Crippen molar-refractivity contribution in [3.63, 3.8) is 0 Å². The molecule has 0 unspecified atom stereocenters. The van der Waals surface area contributed by atoms with Crippen LogP contribution in [0.1, 0.15) is 38.7 Å². The molecule has 170 valence electrons. The van der Waals surface area contributed by atoms with Crippen LogP contribution in [0.25, 0.3) is 28.0 Å². The third-order valence-corrected chi connectivity index (χ3v) is 6.47. The summed E-state index contributed by atoms with van der Waals surface area (Å²) in [6.07, 6.45) is 9.72. The fourth-order valence-electron chi connectivity index (χ4n) is 4.55. The number of nitrogens with zero attached hydrogens (tertiary/aromatic N) is 4. The molecule has 0 radical (unpaired) electrons. The maximum absolute atomic E-state index is 4.72. The van der Waals surface area contributed by atoms with Crippen LogP contribution < -0.4 is 10.2 Å². The molecule has 1 aliphatic heterocycles. The fourth-order valence-corrected chi connectivity index (χ4v) is 4.55. The number of imidazole rings is 1. The predicted octanol–water partition coefficient (Wildman–Crippen LogP) is 5.80. The first-order chi connectivity index (χ1) is 16.2. The molecule has 0 amide bonds. The molecule has 1 aliphatic rings. The molecule has 1 aromatic carbocycles. The van der Waals surface area contributed by atoms with Crippen LogP contribution in [0.4, 0.5) is 5.82 Å². The summed E-state index contributed by atoms with van der Waals surface area (Å²) in [6, 6.07) is 17.4. The minimum atomic E-state index is 0.731. The van der Waals surface area contributed by atoms with Gasteiger partial charge in [-0.1, -0.05) is 32.0 Å². The van der Waals surface area contributed by atoms with Gasteiger partial charge in [-0.2, -0.15) is 0 Å². The van der Waals surface area contributed by atoms with Gasteiger partial charge in [-0.25, -0.2) is 9.97 Å². The molecule has 1 fully saturated rings. The molecule has 1 N–H and O–H groups in total. The van der Waals surface area contributed by atoms with Gasteiger partial charge in [-0.05, 0) is 78.7 Å². The van der Waals surface area contributed by atoms with Gasteiger partial charge in [-0.15, -0.1) is 0 Å². The number of nitrogens with one attached hydrogen (secondary N) is 1. The highest BCUT2D eigenvalue weighted by atomic mass is 15.2. The van der Waals surface area contributed by atoms with Gasteiger partial charge < -0.3 is 10.2 Å². The largest absolute Gasteiger partial charge is 0.357 e. The zero-order valence-electron chi connectivity index (χ0n) is 19.7. The van der Waals surface area contributed by atoms with Crippen molar-refractivity contribution in [3.8, 4) is 22.4 Å². The average Bonchev–Trinajstić information content (AvgIpc) is 3.52. The zero-order valence-corrected chi connectivity index (χ0v) is 19.7. The highest BCUT2D eigenvalue weighted by molar-refractivity contribution is 5.72. The van der Waals surface area contributed by atoms with Gasteiger partial charge in [0, 0.05) is 37.6 Å². The Balaban J connectivity index is 1.37. The lowest BCUT2D eigenvalue weighted by molar-refractivity contribution is 0.537. The third-order valence-electron chi connectivity index (χ3n) is 6.47. The number of rotatable bonds is 8. The van der Waals surface area contributed by atoms with E-state index >= 15 is 0 Å². The Kier molecular flexibility index (Phi) is 6.40. The van der Waals surface area contributed by atoms with Crippen molar-refractivity contribution in [2.24, 2.45) is 5.92 Å². The van der Waals surface area contributed by atoms with Crippen LogP contribution in [0, 0.1) is 5.92 Å². The summed E-state index contributed by atoms with van der Waals surface area (Å²) in [5, 5.41) is 3.56. The standard InChI is InChI=1S/C28H33N5/c1-21(2)8-11-29-19-22-6-5-7-23(16-22)24-10-15-33-26(20-31-28(33)17-24)25-9-12-30-27(18-25)32-13-3-4-14-32/h5-7,9-10,12,15-18,20-21,29H,3-4,8,11,13-14,19H2,1-2H3. The van der Waals surface area contributed by atoms with E-state index < -0.39 is 0 Å². The molecule has 0 bridgehead atoms. The zero-order chi connectivity index (χ0) is 22.6. The van der Waals surface area contributed by atoms with Crippen LogP contribution in [0.2, 0.25) is 0 Å². The van der Waals surface area contributed by atoms with E-state index in [1.807, 2.05) is 12.4 Å². The first-order valence-electron chi connectivity index (χ1n) is 12.2. The highest BCUT2D eigenvalue weighted by Crippen LogP contribution is 2.28.